The first-order chi connectivity index (χ1) is 6.20. The number of H-pyrrole nitrogens is 1. The van der Waals surface area contributed by atoms with E-state index < -0.39 is 0 Å². The number of nitrogens with two attached hydrogens (primary N) is 1. The Kier molecular flexibility index (Phi) is 3.66. The highest BCUT2D eigenvalue weighted by atomic mass is 15.5. The molecule has 0 aliphatic heterocycles. The van der Waals surface area contributed by atoms with Gasteiger partial charge >= 0.3 is 0 Å². The fraction of sp³-hybridized carbons (Fsp3) is 0.714. The lowest BCUT2D eigenvalue weighted by Crippen LogP contribution is -2.33. The van der Waals surface area contributed by atoms with Gasteiger partial charge in [-0.3, -0.25) is 5.01 Å². The zero-order valence-electron chi connectivity index (χ0n) is 8.06. The molecule has 0 saturated heterocycles. The Balaban J connectivity index is 2.22. The van der Waals surface area contributed by atoms with E-state index >= 15 is 0 Å². The first kappa shape index (κ1) is 9.94. The van der Waals surface area contributed by atoms with E-state index in [-0.39, 0.29) is 0 Å². The standard InChI is InChI=1S/C7H16N6/c1-12(2)4-3-5-13(8)7-6-9-11-10-7/h6H,3-5,8H2,1-2H3,(H,9,10,11). The molecule has 1 aromatic rings. The summed E-state index contributed by atoms with van der Waals surface area (Å²) < 4.78 is 0. The Morgan fingerprint density at radius 2 is 2.23 bits per heavy atom. The summed E-state index contributed by atoms with van der Waals surface area (Å²) in [7, 11) is 4.08. The Morgan fingerprint density at radius 1 is 1.46 bits per heavy atom. The molecule has 0 saturated carbocycles. The molecule has 1 aromatic heterocycles. The average molecular weight is 184 g/mol. The molecule has 74 valence electrons. The van der Waals surface area contributed by atoms with Gasteiger partial charge < -0.3 is 4.90 Å². The molecule has 0 amide bonds. The van der Waals surface area contributed by atoms with Crippen molar-refractivity contribution in [3.8, 4) is 0 Å². The lowest BCUT2D eigenvalue weighted by molar-refractivity contribution is 0.400. The molecule has 0 radical (unpaired) electrons. The van der Waals surface area contributed by atoms with Crippen molar-refractivity contribution in [2.24, 2.45) is 5.84 Å². The maximum absolute atomic E-state index is 5.73. The number of hydrogen-bond acceptors (Lipinski definition) is 5. The van der Waals surface area contributed by atoms with Crippen LogP contribution < -0.4 is 10.9 Å². The summed E-state index contributed by atoms with van der Waals surface area (Å²) in [6.45, 7) is 1.82. The second-order valence-corrected chi connectivity index (χ2v) is 3.19. The van der Waals surface area contributed by atoms with Gasteiger partial charge in [-0.25, -0.2) is 10.9 Å². The normalized spacial score (nSPS) is 10.8. The Morgan fingerprint density at radius 3 is 2.77 bits per heavy atom. The van der Waals surface area contributed by atoms with Gasteiger partial charge in [-0.2, -0.15) is 0 Å². The number of rotatable bonds is 5. The van der Waals surface area contributed by atoms with Gasteiger partial charge in [0.2, 0.25) is 0 Å². The van der Waals surface area contributed by atoms with E-state index in [1.807, 2.05) is 14.1 Å². The minimum absolute atomic E-state index is 0.749. The molecule has 13 heavy (non-hydrogen) atoms. The van der Waals surface area contributed by atoms with Crippen molar-refractivity contribution in [2.75, 3.05) is 32.2 Å². The molecule has 3 N–H and O–H groups in total. The minimum Gasteiger partial charge on any atom is -0.309 e. The van der Waals surface area contributed by atoms with E-state index in [9.17, 15) is 0 Å². The third-order valence-electron chi connectivity index (χ3n) is 1.72. The van der Waals surface area contributed by atoms with E-state index in [2.05, 4.69) is 20.3 Å². The van der Waals surface area contributed by atoms with Gasteiger partial charge in [0.05, 0.1) is 6.20 Å². The fourth-order valence-corrected chi connectivity index (χ4v) is 1.01. The van der Waals surface area contributed by atoms with Crippen molar-refractivity contribution in [3.05, 3.63) is 6.20 Å². The molecular weight excluding hydrogens is 168 g/mol. The van der Waals surface area contributed by atoms with Crippen molar-refractivity contribution in [1.29, 1.82) is 0 Å². The number of aromatic nitrogens is 3. The molecule has 0 aliphatic carbocycles. The maximum Gasteiger partial charge on any atom is 0.158 e. The Hall–Kier alpha value is -1.14. The second-order valence-electron chi connectivity index (χ2n) is 3.19. The molecule has 0 bridgehead atoms. The maximum atomic E-state index is 5.73. The number of anilines is 1. The molecule has 6 heteroatoms. The van der Waals surface area contributed by atoms with Crippen LogP contribution in [0.25, 0.3) is 0 Å². The van der Waals surface area contributed by atoms with Gasteiger partial charge in [0.15, 0.2) is 5.82 Å². The zero-order valence-corrected chi connectivity index (χ0v) is 8.06. The molecule has 1 rings (SSSR count). The average Bonchev–Trinajstić information content (AvgIpc) is 2.55. The van der Waals surface area contributed by atoms with Gasteiger partial charge in [0.1, 0.15) is 0 Å². The van der Waals surface area contributed by atoms with Crippen molar-refractivity contribution in [1.82, 2.24) is 20.3 Å². The molecule has 6 nitrogen and oxygen atoms in total. The molecule has 0 atom stereocenters. The Bertz CT molecular complexity index is 219. The quantitative estimate of drug-likeness (QED) is 0.474. The summed E-state index contributed by atoms with van der Waals surface area (Å²) in [4.78, 5) is 2.12. The smallest absolute Gasteiger partial charge is 0.158 e. The lowest BCUT2D eigenvalue weighted by Gasteiger charge is -2.16. The Labute approximate surface area is 77.7 Å². The summed E-state index contributed by atoms with van der Waals surface area (Å²) in [5.74, 6) is 6.48. The van der Waals surface area contributed by atoms with E-state index in [0.29, 0.717) is 0 Å². The monoisotopic (exact) mass is 184 g/mol. The number of hydrogen-bond donors (Lipinski definition) is 2. The third kappa shape index (κ3) is 3.39. The van der Waals surface area contributed by atoms with Gasteiger partial charge in [-0.1, -0.05) is 5.21 Å². The van der Waals surface area contributed by atoms with Crippen LogP contribution >= 0.6 is 0 Å². The van der Waals surface area contributed by atoms with Crippen LogP contribution in [0, 0.1) is 0 Å². The predicted octanol–water partition coefficient (Wildman–Crippen LogP) is -0.563. The fourth-order valence-electron chi connectivity index (χ4n) is 1.01. The van der Waals surface area contributed by atoms with Crippen LogP contribution in [0.5, 0.6) is 0 Å². The van der Waals surface area contributed by atoms with Crippen LogP contribution in [0.15, 0.2) is 6.20 Å². The third-order valence-corrected chi connectivity index (χ3v) is 1.72. The SMILES string of the molecule is CN(C)CCCN(N)c1cnn[nH]1. The molecule has 0 fully saturated rings. The second kappa shape index (κ2) is 4.78. The minimum atomic E-state index is 0.749. The predicted molar refractivity (Wildman–Crippen MR) is 51.1 cm³/mol. The van der Waals surface area contributed by atoms with E-state index in [1.165, 1.54) is 0 Å². The number of aromatic amines is 1. The summed E-state index contributed by atoms with van der Waals surface area (Å²) in [6, 6.07) is 0. The van der Waals surface area contributed by atoms with Crippen LogP contribution in [0.2, 0.25) is 0 Å². The zero-order chi connectivity index (χ0) is 9.68. The summed E-state index contributed by atoms with van der Waals surface area (Å²) >= 11 is 0. The molecule has 0 aromatic carbocycles. The largest absolute Gasteiger partial charge is 0.309 e. The topological polar surface area (TPSA) is 74.1 Å². The molecule has 0 aliphatic rings. The molecule has 0 unspecified atom stereocenters. The highest BCUT2D eigenvalue weighted by Crippen LogP contribution is 2.01. The van der Waals surface area contributed by atoms with Crippen molar-refractivity contribution < 1.29 is 0 Å². The van der Waals surface area contributed by atoms with Crippen LogP contribution in [-0.4, -0.2) is 47.5 Å². The van der Waals surface area contributed by atoms with Crippen LogP contribution in [0.3, 0.4) is 0 Å². The number of nitrogens with one attached hydrogen (secondary N) is 1. The number of nitrogens with zero attached hydrogens (tertiary/aromatic N) is 4. The van der Waals surface area contributed by atoms with Gasteiger partial charge in [-0.15, -0.1) is 5.10 Å². The molecule has 1 heterocycles. The van der Waals surface area contributed by atoms with Crippen LogP contribution in [-0.2, 0) is 0 Å². The first-order valence-electron chi connectivity index (χ1n) is 4.23. The van der Waals surface area contributed by atoms with Gasteiger partial charge in [0.25, 0.3) is 0 Å². The van der Waals surface area contributed by atoms with Gasteiger partial charge in [0, 0.05) is 6.54 Å². The summed E-state index contributed by atoms with van der Waals surface area (Å²) in [5.41, 5.74) is 0. The highest BCUT2D eigenvalue weighted by molar-refractivity contribution is 5.30. The summed E-state index contributed by atoms with van der Waals surface area (Å²) in [5, 5.41) is 11.5. The van der Waals surface area contributed by atoms with Gasteiger partial charge in [-0.05, 0) is 27.1 Å². The molecular formula is C7H16N6. The van der Waals surface area contributed by atoms with Crippen molar-refractivity contribution >= 4 is 5.82 Å². The first-order valence-corrected chi connectivity index (χ1v) is 4.23. The van der Waals surface area contributed by atoms with E-state index in [1.54, 1.807) is 11.2 Å². The highest BCUT2D eigenvalue weighted by Gasteiger charge is 2.02. The van der Waals surface area contributed by atoms with Crippen LogP contribution in [0.4, 0.5) is 5.82 Å². The lowest BCUT2D eigenvalue weighted by atomic mass is 10.4. The summed E-state index contributed by atoms with van der Waals surface area (Å²) in [6.07, 6.45) is 2.62. The molecule has 0 spiro atoms. The number of hydrazine groups is 1. The van der Waals surface area contributed by atoms with E-state index in [0.717, 1.165) is 25.3 Å². The van der Waals surface area contributed by atoms with Crippen molar-refractivity contribution in [2.45, 2.75) is 6.42 Å². The van der Waals surface area contributed by atoms with Crippen molar-refractivity contribution in [3.63, 3.8) is 0 Å². The van der Waals surface area contributed by atoms with E-state index in [4.69, 9.17) is 5.84 Å². The van der Waals surface area contributed by atoms with Crippen LogP contribution in [0.1, 0.15) is 6.42 Å².